The maximum Gasteiger partial charge on any atom is 0.317 e. The van der Waals surface area contributed by atoms with Crippen LogP contribution >= 0.6 is 0 Å². The zero-order chi connectivity index (χ0) is 25.1. The first-order chi connectivity index (χ1) is 16.8. The number of methoxy groups -OCH3 is 2. The molecule has 0 aromatic heterocycles. The molecule has 2 aromatic carbocycles. The average molecular weight is 483 g/mol. The van der Waals surface area contributed by atoms with Crippen LogP contribution in [0.15, 0.2) is 41.5 Å². The molecule has 1 N–H and O–H groups in total. The van der Waals surface area contributed by atoms with E-state index >= 15 is 0 Å². The number of hydrogen-bond donors (Lipinski definition) is 1. The summed E-state index contributed by atoms with van der Waals surface area (Å²) in [6, 6.07) is 10.3. The van der Waals surface area contributed by atoms with Crippen LogP contribution in [0.5, 0.6) is 23.0 Å². The number of nitrogens with zero attached hydrogens (tertiary/aromatic N) is 3. The van der Waals surface area contributed by atoms with Gasteiger partial charge in [-0.1, -0.05) is 6.07 Å². The third-order valence-electron chi connectivity index (χ3n) is 5.80. The van der Waals surface area contributed by atoms with E-state index in [0.29, 0.717) is 35.1 Å². The molecule has 0 saturated carbocycles. The Balaban J connectivity index is 1.65. The summed E-state index contributed by atoms with van der Waals surface area (Å²) in [6.45, 7) is 3.76. The maximum atomic E-state index is 13.4. The smallest absolute Gasteiger partial charge is 0.317 e. The third kappa shape index (κ3) is 5.11. The van der Waals surface area contributed by atoms with Crippen molar-refractivity contribution in [3.05, 3.63) is 47.5 Å². The minimum absolute atomic E-state index is 0.0413. The van der Waals surface area contributed by atoms with Gasteiger partial charge in [0.1, 0.15) is 18.0 Å². The highest BCUT2D eigenvalue weighted by molar-refractivity contribution is 6.05. The van der Waals surface area contributed by atoms with Gasteiger partial charge in [0.25, 0.3) is 5.91 Å². The second-order valence-corrected chi connectivity index (χ2v) is 8.64. The van der Waals surface area contributed by atoms with E-state index in [4.69, 9.17) is 24.0 Å². The zero-order valence-corrected chi connectivity index (χ0v) is 20.5. The minimum Gasteiger partial charge on any atom is -0.497 e. The topological polar surface area (TPSA) is 102 Å². The van der Waals surface area contributed by atoms with Crippen molar-refractivity contribution in [2.24, 2.45) is 5.10 Å². The lowest BCUT2D eigenvalue weighted by Gasteiger charge is -2.25. The highest BCUT2D eigenvalue weighted by Crippen LogP contribution is 2.40. The van der Waals surface area contributed by atoms with Gasteiger partial charge < -0.3 is 29.2 Å². The van der Waals surface area contributed by atoms with Crippen molar-refractivity contribution in [3.63, 3.8) is 0 Å². The quantitative estimate of drug-likeness (QED) is 0.651. The maximum absolute atomic E-state index is 13.4. The summed E-state index contributed by atoms with van der Waals surface area (Å²) in [6.07, 6.45) is 0.454. The fourth-order valence-corrected chi connectivity index (χ4v) is 4.02. The molecule has 0 radical (unpaired) electrons. The lowest BCUT2D eigenvalue weighted by molar-refractivity contribution is -0.133. The van der Waals surface area contributed by atoms with Crippen LogP contribution in [0.3, 0.4) is 0 Å². The van der Waals surface area contributed by atoms with Crippen molar-refractivity contribution >= 4 is 17.6 Å². The molecule has 2 heterocycles. The highest BCUT2D eigenvalue weighted by atomic mass is 16.7. The second-order valence-electron chi connectivity index (χ2n) is 8.64. The molecule has 0 saturated heterocycles. The summed E-state index contributed by atoms with van der Waals surface area (Å²) in [5.74, 6) is 2.22. The average Bonchev–Trinajstić information content (AvgIpc) is 3.50. The van der Waals surface area contributed by atoms with Gasteiger partial charge in [0, 0.05) is 31.1 Å². The lowest BCUT2D eigenvalue weighted by Crippen LogP contribution is -2.45. The van der Waals surface area contributed by atoms with E-state index in [2.05, 4.69) is 5.32 Å². The van der Waals surface area contributed by atoms with Crippen LogP contribution in [-0.2, 0) is 4.79 Å². The summed E-state index contributed by atoms with van der Waals surface area (Å²) in [7, 11) is 4.75. The van der Waals surface area contributed by atoms with Gasteiger partial charge in [-0.05, 0) is 43.7 Å². The van der Waals surface area contributed by atoms with Crippen molar-refractivity contribution in [1.82, 2.24) is 15.2 Å². The Hall–Kier alpha value is -3.95. The van der Waals surface area contributed by atoms with Gasteiger partial charge in [-0.15, -0.1) is 0 Å². The second kappa shape index (κ2) is 10.1. The SMILES string of the molecule is COc1ccc(C2=NN(C(=O)CN(C)C(=O)NC(C)C)[C@H](c3ccc4c(c3)OCO4)C2)c(OC)c1. The molecule has 0 spiro atoms. The number of fused-ring (bicyclic) bond motifs is 1. The Morgan fingerprint density at radius 1 is 1.14 bits per heavy atom. The Morgan fingerprint density at radius 3 is 2.63 bits per heavy atom. The predicted octanol–water partition coefficient (Wildman–Crippen LogP) is 3.16. The molecule has 0 aliphatic carbocycles. The molecule has 0 unspecified atom stereocenters. The molecule has 3 amide bonds. The summed E-state index contributed by atoms with van der Waals surface area (Å²) < 4.78 is 21.9. The van der Waals surface area contributed by atoms with Crippen LogP contribution in [-0.4, -0.2) is 68.2 Å². The molecule has 4 rings (SSSR count). The van der Waals surface area contributed by atoms with Crippen molar-refractivity contribution in [2.75, 3.05) is 34.6 Å². The van der Waals surface area contributed by atoms with Gasteiger partial charge >= 0.3 is 6.03 Å². The van der Waals surface area contributed by atoms with Gasteiger partial charge in [-0.3, -0.25) is 4.79 Å². The number of ether oxygens (including phenoxy) is 4. The largest absolute Gasteiger partial charge is 0.497 e. The Labute approximate surface area is 204 Å². The Bertz CT molecular complexity index is 1150. The molecular formula is C25H30N4O6. The van der Waals surface area contributed by atoms with Crippen LogP contribution in [0.2, 0.25) is 0 Å². The van der Waals surface area contributed by atoms with Crippen molar-refractivity contribution in [1.29, 1.82) is 0 Å². The molecule has 35 heavy (non-hydrogen) atoms. The number of nitrogens with one attached hydrogen (secondary N) is 1. The number of hydrogen-bond acceptors (Lipinski definition) is 7. The predicted molar refractivity (Wildman–Crippen MR) is 129 cm³/mol. The minimum atomic E-state index is -0.389. The molecule has 0 bridgehead atoms. The molecule has 10 nitrogen and oxygen atoms in total. The van der Waals surface area contributed by atoms with Crippen LogP contribution in [0.1, 0.15) is 37.4 Å². The first-order valence-electron chi connectivity index (χ1n) is 11.3. The van der Waals surface area contributed by atoms with E-state index in [1.54, 1.807) is 27.3 Å². The molecule has 1 atom stereocenters. The fourth-order valence-electron chi connectivity index (χ4n) is 4.02. The van der Waals surface area contributed by atoms with Gasteiger partial charge in [0.15, 0.2) is 11.5 Å². The van der Waals surface area contributed by atoms with Crippen LogP contribution < -0.4 is 24.3 Å². The Kier molecular flexibility index (Phi) is 6.99. The lowest BCUT2D eigenvalue weighted by atomic mass is 9.97. The molecule has 2 aliphatic heterocycles. The Morgan fingerprint density at radius 2 is 1.91 bits per heavy atom. The fraction of sp³-hybridized carbons (Fsp3) is 0.400. The van der Waals surface area contributed by atoms with Gasteiger partial charge in [0.05, 0.1) is 26.0 Å². The number of benzene rings is 2. The van der Waals surface area contributed by atoms with Crippen LogP contribution in [0.4, 0.5) is 4.79 Å². The molecular weight excluding hydrogens is 452 g/mol. The monoisotopic (exact) mass is 482 g/mol. The molecule has 0 fully saturated rings. The summed E-state index contributed by atoms with van der Waals surface area (Å²) >= 11 is 0. The highest BCUT2D eigenvalue weighted by Gasteiger charge is 2.35. The number of rotatable bonds is 7. The summed E-state index contributed by atoms with van der Waals surface area (Å²) in [5, 5.41) is 8.93. The van der Waals surface area contributed by atoms with Gasteiger partial charge in [-0.2, -0.15) is 5.10 Å². The van der Waals surface area contributed by atoms with E-state index in [0.717, 1.165) is 11.1 Å². The van der Waals surface area contributed by atoms with E-state index < -0.39 is 0 Å². The number of carbonyl (C=O) groups is 2. The van der Waals surface area contributed by atoms with E-state index in [9.17, 15) is 9.59 Å². The van der Waals surface area contributed by atoms with Crippen molar-refractivity contribution in [3.8, 4) is 23.0 Å². The number of hydrazone groups is 1. The number of likely N-dealkylation sites (N-methyl/N-ethyl adjacent to an activating group) is 1. The van der Waals surface area contributed by atoms with Crippen LogP contribution in [0, 0.1) is 0 Å². The zero-order valence-electron chi connectivity index (χ0n) is 20.5. The summed E-state index contributed by atoms with van der Waals surface area (Å²) in [5.41, 5.74) is 2.30. The summed E-state index contributed by atoms with van der Waals surface area (Å²) in [4.78, 5) is 27.1. The van der Waals surface area contributed by atoms with Crippen molar-refractivity contribution in [2.45, 2.75) is 32.4 Å². The first-order valence-corrected chi connectivity index (χ1v) is 11.3. The third-order valence-corrected chi connectivity index (χ3v) is 5.80. The first kappa shape index (κ1) is 24.2. The van der Waals surface area contributed by atoms with Gasteiger partial charge in [0.2, 0.25) is 6.79 Å². The molecule has 2 aromatic rings. The normalized spacial score (nSPS) is 16.2. The van der Waals surface area contributed by atoms with E-state index in [1.165, 1.54) is 9.91 Å². The number of carbonyl (C=O) groups excluding carboxylic acids is 2. The standard InChI is InChI=1S/C25H30N4O6/c1-15(2)26-25(31)28(3)13-24(30)29-20(16-6-9-21-23(10-16)35-14-34-21)12-19(27-29)18-8-7-17(32-4)11-22(18)33-5/h6-11,15,20H,12-14H2,1-5H3,(H,26,31)/t20-/m0/s1. The van der Waals surface area contributed by atoms with Crippen molar-refractivity contribution < 1.29 is 28.5 Å². The number of urea groups is 1. The molecule has 2 aliphatic rings. The van der Waals surface area contributed by atoms with Gasteiger partial charge in [-0.25, -0.2) is 9.80 Å². The van der Waals surface area contributed by atoms with E-state index in [-0.39, 0.29) is 37.4 Å². The van der Waals surface area contributed by atoms with E-state index in [1.807, 2.05) is 44.2 Å². The van der Waals surface area contributed by atoms with Crippen LogP contribution in [0.25, 0.3) is 0 Å². The number of amides is 3. The molecule has 186 valence electrons. The molecule has 10 heteroatoms.